The third-order valence-corrected chi connectivity index (χ3v) is 3.32. The number of rotatable bonds is 4. The van der Waals surface area contributed by atoms with Crippen molar-refractivity contribution in [1.82, 2.24) is 14.7 Å². The van der Waals surface area contributed by atoms with E-state index in [0.717, 1.165) is 32.5 Å². The van der Waals surface area contributed by atoms with Crippen LogP contribution in [0, 0.1) is 0 Å². The van der Waals surface area contributed by atoms with E-state index in [1.165, 1.54) is 0 Å². The van der Waals surface area contributed by atoms with Crippen molar-refractivity contribution >= 4 is 5.91 Å². The predicted molar refractivity (Wildman–Crippen MR) is 66.5 cm³/mol. The molecule has 0 aromatic heterocycles. The van der Waals surface area contributed by atoms with Crippen LogP contribution in [0.2, 0.25) is 0 Å². The highest BCUT2D eigenvalue weighted by Crippen LogP contribution is 2.14. The quantitative estimate of drug-likeness (QED) is 0.699. The molecule has 94 valence electrons. The summed E-state index contributed by atoms with van der Waals surface area (Å²) in [5.74, 6) is 0.311. The summed E-state index contributed by atoms with van der Waals surface area (Å²) in [4.78, 5) is 18.2. The Balaban J connectivity index is 2.27. The van der Waals surface area contributed by atoms with E-state index >= 15 is 0 Å². The van der Waals surface area contributed by atoms with Gasteiger partial charge in [-0.3, -0.25) is 4.79 Å². The summed E-state index contributed by atoms with van der Waals surface area (Å²) in [6.07, 6.45) is 2.88. The molecule has 0 unspecified atom stereocenters. The van der Waals surface area contributed by atoms with Crippen LogP contribution < -0.4 is 0 Å². The predicted octanol–water partition coefficient (Wildman–Crippen LogP) is 0.491. The Hall–Kier alpha value is -0.610. The van der Waals surface area contributed by atoms with Gasteiger partial charge in [0.1, 0.15) is 0 Å². The SMILES string of the molecule is CN(C)CCC(=O)N1CCC(N(C)C)CC1. The lowest BCUT2D eigenvalue weighted by atomic mass is 10.0. The van der Waals surface area contributed by atoms with Crippen molar-refractivity contribution in [2.45, 2.75) is 25.3 Å². The molecular weight excluding hydrogens is 202 g/mol. The monoisotopic (exact) mass is 227 g/mol. The average Bonchev–Trinajstić information content (AvgIpc) is 2.26. The van der Waals surface area contributed by atoms with Crippen LogP contribution in [0.5, 0.6) is 0 Å². The van der Waals surface area contributed by atoms with E-state index in [9.17, 15) is 4.79 Å². The molecule has 1 rings (SSSR count). The Labute approximate surface area is 99.2 Å². The van der Waals surface area contributed by atoms with Crippen molar-refractivity contribution in [2.75, 3.05) is 47.8 Å². The fourth-order valence-electron chi connectivity index (χ4n) is 2.11. The Bertz CT molecular complexity index is 220. The maximum absolute atomic E-state index is 11.9. The van der Waals surface area contributed by atoms with E-state index in [1.807, 2.05) is 19.0 Å². The summed E-state index contributed by atoms with van der Waals surface area (Å²) in [7, 11) is 8.25. The molecule has 1 aliphatic heterocycles. The molecule has 1 fully saturated rings. The largest absolute Gasteiger partial charge is 0.343 e. The van der Waals surface area contributed by atoms with Gasteiger partial charge in [-0.2, -0.15) is 0 Å². The molecule has 0 aliphatic carbocycles. The van der Waals surface area contributed by atoms with E-state index in [1.54, 1.807) is 0 Å². The van der Waals surface area contributed by atoms with Crippen molar-refractivity contribution in [3.63, 3.8) is 0 Å². The molecule has 0 aromatic carbocycles. The van der Waals surface area contributed by atoms with Crippen molar-refractivity contribution in [3.8, 4) is 0 Å². The normalized spacial score (nSPS) is 18.5. The van der Waals surface area contributed by atoms with Crippen LogP contribution >= 0.6 is 0 Å². The van der Waals surface area contributed by atoms with E-state index < -0.39 is 0 Å². The van der Waals surface area contributed by atoms with Crippen LogP contribution in [0.4, 0.5) is 0 Å². The Kier molecular flexibility index (Phi) is 5.22. The standard InChI is InChI=1S/C12H25N3O/c1-13(2)8-7-12(16)15-9-5-11(6-10-15)14(3)4/h11H,5-10H2,1-4H3. The molecule has 1 saturated heterocycles. The third-order valence-electron chi connectivity index (χ3n) is 3.32. The smallest absolute Gasteiger partial charge is 0.223 e. The number of piperidine rings is 1. The van der Waals surface area contributed by atoms with Gasteiger partial charge >= 0.3 is 0 Å². The van der Waals surface area contributed by atoms with Gasteiger partial charge in [-0.15, -0.1) is 0 Å². The summed E-state index contributed by atoms with van der Waals surface area (Å²) in [5, 5.41) is 0. The summed E-state index contributed by atoms with van der Waals surface area (Å²) in [6, 6.07) is 0.651. The minimum absolute atomic E-state index is 0.311. The minimum atomic E-state index is 0.311. The number of amides is 1. The number of carbonyl (C=O) groups excluding carboxylic acids is 1. The van der Waals surface area contributed by atoms with Gasteiger partial charge in [-0.1, -0.05) is 0 Å². The zero-order valence-electron chi connectivity index (χ0n) is 11.1. The third kappa shape index (κ3) is 4.10. The van der Waals surface area contributed by atoms with Crippen LogP contribution in [0.15, 0.2) is 0 Å². The highest BCUT2D eigenvalue weighted by atomic mass is 16.2. The number of nitrogens with zero attached hydrogens (tertiary/aromatic N) is 3. The molecule has 0 bridgehead atoms. The Morgan fingerprint density at radius 3 is 2.19 bits per heavy atom. The summed E-state index contributed by atoms with van der Waals surface area (Å²) in [5.41, 5.74) is 0. The second-order valence-corrected chi connectivity index (χ2v) is 5.13. The van der Waals surface area contributed by atoms with Gasteiger partial charge in [0.15, 0.2) is 0 Å². The number of likely N-dealkylation sites (tertiary alicyclic amines) is 1. The molecule has 16 heavy (non-hydrogen) atoms. The molecule has 0 radical (unpaired) electrons. The van der Waals surface area contributed by atoms with Gasteiger partial charge in [0.05, 0.1) is 0 Å². The van der Waals surface area contributed by atoms with Gasteiger partial charge in [0.2, 0.25) is 5.91 Å². The van der Waals surface area contributed by atoms with E-state index in [2.05, 4.69) is 23.9 Å². The van der Waals surface area contributed by atoms with Crippen molar-refractivity contribution in [2.24, 2.45) is 0 Å². The Morgan fingerprint density at radius 1 is 1.19 bits per heavy atom. The van der Waals surface area contributed by atoms with Gasteiger partial charge in [0.25, 0.3) is 0 Å². The molecule has 1 heterocycles. The molecule has 4 heteroatoms. The fourth-order valence-corrected chi connectivity index (χ4v) is 2.11. The molecule has 0 aromatic rings. The zero-order chi connectivity index (χ0) is 12.1. The van der Waals surface area contributed by atoms with E-state index in [0.29, 0.717) is 18.4 Å². The highest BCUT2D eigenvalue weighted by molar-refractivity contribution is 5.76. The Morgan fingerprint density at radius 2 is 1.75 bits per heavy atom. The van der Waals surface area contributed by atoms with Gasteiger partial charge in [-0.05, 0) is 41.0 Å². The van der Waals surface area contributed by atoms with Crippen LogP contribution in [-0.2, 0) is 4.79 Å². The van der Waals surface area contributed by atoms with Crippen LogP contribution in [0.1, 0.15) is 19.3 Å². The first-order chi connectivity index (χ1) is 7.50. The first kappa shape index (κ1) is 13.5. The first-order valence-electron chi connectivity index (χ1n) is 6.09. The van der Waals surface area contributed by atoms with Crippen LogP contribution in [0.3, 0.4) is 0 Å². The van der Waals surface area contributed by atoms with Gasteiger partial charge < -0.3 is 14.7 Å². The minimum Gasteiger partial charge on any atom is -0.343 e. The molecular formula is C12H25N3O. The second-order valence-electron chi connectivity index (χ2n) is 5.13. The highest BCUT2D eigenvalue weighted by Gasteiger charge is 2.23. The van der Waals surface area contributed by atoms with Gasteiger partial charge in [0, 0.05) is 32.1 Å². The number of carbonyl (C=O) groups is 1. The molecule has 1 aliphatic rings. The van der Waals surface area contributed by atoms with Crippen LogP contribution in [-0.4, -0.2) is 74.5 Å². The lowest BCUT2D eigenvalue weighted by Crippen LogP contribution is -2.44. The lowest BCUT2D eigenvalue weighted by molar-refractivity contribution is -0.132. The zero-order valence-corrected chi connectivity index (χ0v) is 11.1. The van der Waals surface area contributed by atoms with Crippen molar-refractivity contribution < 1.29 is 4.79 Å². The van der Waals surface area contributed by atoms with Crippen LogP contribution in [0.25, 0.3) is 0 Å². The molecule has 1 amide bonds. The van der Waals surface area contributed by atoms with Gasteiger partial charge in [-0.25, -0.2) is 0 Å². The summed E-state index contributed by atoms with van der Waals surface area (Å²) in [6.45, 7) is 2.71. The molecule has 4 nitrogen and oxygen atoms in total. The topological polar surface area (TPSA) is 26.8 Å². The first-order valence-corrected chi connectivity index (χ1v) is 6.09. The van der Waals surface area contributed by atoms with Crippen molar-refractivity contribution in [3.05, 3.63) is 0 Å². The molecule has 0 spiro atoms. The summed E-state index contributed by atoms with van der Waals surface area (Å²) >= 11 is 0. The summed E-state index contributed by atoms with van der Waals surface area (Å²) < 4.78 is 0. The molecule has 0 atom stereocenters. The molecule has 0 N–H and O–H groups in total. The number of hydrogen-bond acceptors (Lipinski definition) is 3. The lowest BCUT2D eigenvalue weighted by Gasteiger charge is -2.35. The average molecular weight is 227 g/mol. The van der Waals surface area contributed by atoms with E-state index in [4.69, 9.17) is 0 Å². The number of hydrogen-bond donors (Lipinski definition) is 0. The maximum Gasteiger partial charge on any atom is 0.223 e. The fraction of sp³-hybridized carbons (Fsp3) is 0.917. The van der Waals surface area contributed by atoms with E-state index in [-0.39, 0.29) is 0 Å². The maximum atomic E-state index is 11.9. The molecule has 0 saturated carbocycles. The second kappa shape index (κ2) is 6.21. The van der Waals surface area contributed by atoms with Crippen molar-refractivity contribution in [1.29, 1.82) is 0 Å².